The number of ether oxygens (including phenoxy) is 1. The maximum atomic E-state index is 11.3. The van der Waals surface area contributed by atoms with E-state index in [9.17, 15) is 4.79 Å². The quantitative estimate of drug-likeness (QED) is 0.852. The summed E-state index contributed by atoms with van der Waals surface area (Å²) >= 11 is 0. The molecule has 0 atom stereocenters. The van der Waals surface area contributed by atoms with Gasteiger partial charge >= 0.3 is 0 Å². The number of primary amides is 1. The van der Waals surface area contributed by atoms with Gasteiger partial charge < -0.3 is 10.5 Å². The molecule has 0 saturated heterocycles. The first-order valence-electron chi connectivity index (χ1n) is 5.91. The van der Waals surface area contributed by atoms with Gasteiger partial charge in [-0.05, 0) is 29.3 Å². The molecule has 0 aliphatic rings. The van der Waals surface area contributed by atoms with Gasteiger partial charge in [0.15, 0.2) is 0 Å². The lowest BCUT2D eigenvalue weighted by atomic mass is 10.1. The summed E-state index contributed by atoms with van der Waals surface area (Å²) in [6, 6.07) is 14.9. The van der Waals surface area contributed by atoms with Crippen LogP contribution in [0.15, 0.2) is 48.5 Å². The molecule has 0 unspecified atom stereocenters. The van der Waals surface area contributed by atoms with Crippen molar-refractivity contribution in [3.05, 3.63) is 65.2 Å². The highest BCUT2D eigenvalue weighted by Gasteiger charge is 2.03. The minimum Gasteiger partial charge on any atom is -0.497 e. The minimum atomic E-state index is -0.421. The fourth-order valence-electron chi connectivity index (χ4n) is 1.77. The first kappa shape index (κ1) is 12.9. The monoisotopic (exact) mass is 253 g/mol. The van der Waals surface area contributed by atoms with E-state index in [4.69, 9.17) is 10.5 Å². The number of rotatable bonds is 4. The summed E-state index contributed by atoms with van der Waals surface area (Å²) in [5.41, 5.74) is 7.69. The van der Waals surface area contributed by atoms with Gasteiger partial charge in [0.2, 0.25) is 5.91 Å². The van der Waals surface area contributed by atoms with E-state index in [1.54, 1.807) is 19.2 Å². The molecule has 3 nitrogen and oxygen atoms in total. The van der Waals surface area contributed by atoms with Gasteiger partial charge in [0, 0.05) is 5.56 Å². The third-order valence-electron chi connectivity index (χ3n) is 2.80. The fraction of sp³-hybridized carbons (Fsp3) is 0.0625. The summed E-state index contributed by atoms with van der Waals surface area (Å²) < 4.78 is 5.10. The Labute approximate surface area is 112 Å². The van der Waals surface area contributed by atoms with E-state index in [0.29, 0.717) is 5.56 Å². The summed E-state index contributed by atoms with van der Waals surface area (Å²) in [6.07, 6.45) is 3.81. The Morgan fingerprint density at radius 2 is 1.74 bits per heavy atom. The summed E-state index contributed by atoms with van der Waals surface area (Å²) in [6.45, 7) is 0. The molecule has 2 aromatic carbocycles. The molecule has 0 aliphatic heterocycles. The van der Waals surface area contributed by atoms with Crippen LogP contribution in [0.5, 0.6) is 5.75 Å². The highest BCUT2D eigenvalue weighted by molar-refractivity contribution is 5.97. The van der Waals surface area contributed by atoms with Crippen molar-refractivity contribution in [1.82, 2.24) is 0 Å². The molecule has 2 aromatic rings. The number of nitrogens with two attached hydrogens (primary N) is 1. The molecule has 3 heteroatoms. The number of hydrogen-bond donors (Lipinski definition) is 1. The third-order valence-corrected chi connectivity index (χ3v) is 2.80. The third kappa shape index (κ3) is 3.22. The molecule has 2 rings (SSSR count). The van der Waals surface area contributed by atoms with E-state index in [-0.39, 0.29) is 0 Å². The number of carbonyl (C=O) groups is 1. The first-order valence-corrected chi connectivity index (χ1v) is 5.91. The Kier molecular flexibility index (Phi) is 3.98. The van der Waals surface area contributed by atoms with Crippen LogP contribution in [0.1, 0.15) is 21.5 Å². The average molecular weight is 253 g/mol. The molecule has 0 aromatic heterocycles. The van der Waals surface area contributed by atoms with Crippen LogP contribution in [0, 0.1) is 0 Å². The molecule has 0 fully saturated rings. The summed E-state index contributed by atoms with van der Waals surface area (Å²) in [7, 11) is 1.63. The first-order chi connectivity index (χ1) is 9.20. The highest BCUT2D eigenvalue weighted by Crippen LogP contribution is 2.15. The zero-order chi connectivity index (χ0) is 13.7. The molecular weight excluding hydrogens is 238 g/mol. The van der Waals surface area contributed by atoms with Crippen molar-refractivity contribution in [2.75, 3.05) is 7.11 Å². The van der Waals surface area contributed by atoms with Crippen molar-refractivity contribution in [1.29, 1.82) is 0 Å². The molecular formula is C16H15NO2. The minimum absolute atomic E-state index is 0.421. The lowest BCUT2D eigenvalue weighted by Crippen LogP contribution is -2.12. The summed E-state index contributed by atoms with van der Waals surface area (Å²) in [5, 5.41) is 0. The topological polar surface area (TPSA) is 52.3 Å². The van der Waals surface area contributed by atoms with Crippen LogP contribution >= 0.6 is 0 Å². The number of hydrogen-bond acceptors (Lipinski definition) is 2. The van der Waals surface area contributed by atoms with Crippen molar-refractivity contribution in [2.24, 2.45) is 5.73 Å². The number of carbonyl (C=O) groups excluding carboxylic acids is 1. The van der Waals surface area contributed by atoms with E-state index in [0.717, 1.165) is 16.9 Å². The molecule has 0 saturated carbocycles. The van der Waals surface area contributed by atoms with Crippen molar-refractivity contribution in [3.8, 4) is 5.75 Å². The van der Waals surface area contributed by atoms with Crippen molar-refractivity contribution in [2.45, 2.75) is 0 Å². The second-order valence-corrected chi connectivity index (χ2v) is 4.06. The Morgan fingerprint density at radius 3 is 2.37 bits per heavy atom. The van der Waals surface area contributed by atoms with Crippen LogP contribution in [0.3, 0.4) is 0 Å². The molecule has 0 heterocycles. The molecule has 96 valence electrons. The van der Waals surface area contributed by atoms with Crippen LogP contribution in [0.4, 0.5) is 0 Å². The highest BCUT2D eigenvalue weighted by atomic mass is 16.5. The van der Waals surface area contributed by atoms with Crippen molar-refractivity contribution in [3.63, 3.8) is 0 Å². The molecule has 0 radical (unpaired) electrons. The van der Waals surface area contributed by atoms with Gasteiger partial charge in [-0.25, -0.2) is 0 Å². The van der Waals surface area contributed by atoms with Gasteiger partial charge in [0.1, 0.15) is 5.75 Å². The predicted octanol–water partition coefficient (Wildman–Crippen LogP) is 2.96. The average Bonchev–Trinajstić information content (AvgIpc) is 2.46. The molecule has 0 bridgehead atoms. The number of amides is 1. The number of benzene rings is 2. The van der Waals surface area contributed by atoms with Gasteiger partial charge in [0.05, 0.1) is 7.11 Å². The zero-order valence-corrected chi connectivity index (χ0v) is 10.7. The van der Waals surface area contributed by atoms with Crippen LogP contribution in [0.2, 0.25) is 0 Å². The number of methoxy groups -OCH3 is 1. The zero-order valence-electron chi connectivity index (χ0n) is 10.7. The summed E-state index contributed by atoms with van der Waals surface area (Å²) in [4.78, 5) is 11.3. The molecule has 0 spiro atoms. The molecule has 0 aliphatic carbocycles. The van der Waals surface area contributed by atoms with Gasteiger partial charge in [-0.3, -0.25) is 4.79 Å². The van der Waals surface area contributed by atoms with Crippen LogP contribution in [-0.4, -0.2) is 13.0 Å². The SMILES string of the molecule is COc1ccc(C=Cc2ccccc2C(N)=O)cc1. The predicted molar refractivity (Wildman–Crippen MR) is 76.9 cm³/mol. The largest absolute Gasteiger partial charge is 0.497 e. The van der Waals surface area contributed by atoms with E-state index < -0.39 is 5.91 Å². The van der Waals surface area contributed by atoms with Crippen LogP contribution < -0.4 is 10.5 Å². The standard InChI is InChI=1S/C16H15NO2/c1-19-14-10-7-12(8-11-14)6-9-13-4-2-3-5-15(13)16(17)18/h2-11H,1H3,(H2,17,18). The fourth-order valence-corrected chi connectivity index (χ4v) is 1.77. The maximum absolute atomic E-state index is 11.3. The normalized spacial score (nSPS) is 10.6. The Balaban J connectivity index is 2.24. The Morgan fingerprint density at radius 1 is 1.05 bits per heavy atom. The van der Waals surface area contributed by atoms with E-state index in [1.807, 2.05) is 48.6 Å². The van der Waals surface area contributed by atoms with Gasteiger partial charge in [-0.2, -0.15) is 0 Å². The van der Waals surface area contributed by atoms with Crippen molar-refractivity contribution >= 4 is 18.1 Å². The lowest BCUT2D eigenvalue weighted by molar-refractivity contribution is 0.1000. The van der Waals surface area contributed by atoms with E-state index >= 15 is 0 Å². The van der Waals surface area contributed by atoms with Crippen LogP contribution in [0.25, 0.3) is 12.2 Å². The Bertz CT molecular complexity index is 600. The summed E-state index contributed by atoms with van der Waals surface area (Å²) in [5.74, 6) is 0.393. The smallest absolute Gasteiger partial charge is 0.249 e. The second-order valence-electron chi connectivity index (χ2n) is 4.06. The van der Waals surface area contributed by atoms with Crippen LogP contribution in [-0.2, 0) is 0 Å². The van der Waals surface area contributed by atoms with E-state index in [2.05, 4.69) is 0 Å². The second kappa shape index (κ2) is 5.87. The molecule has 2 N–H and O–H groups in total. The van der Waals surface area contributed by atoms with Gasteiger partial charge in [0.25, 0.3) is 0 Å². The maximum Gasteiger partial charge on any atom is 0.249 e. The van der Waals surface area contributed by atoms with E-state index in [1.165, 1.54) is 0 Å². The van der Waals surface area contributed by atoms with Crippen molar-refractivity contribution < 1.29 is 9.53 Å². The van der Waals surface area contributed by atoms with Gasteiger partial charge in [-0.15, -0.1) is 0 Å². The van der Waals surface area contributed by atoms with Gasteiger partial charge in [-0.1, -0.05) is 42.5 Å². The Hall–Kier alpha value is -2.55. The molecule has 19 heavy (non-hydrogen) atoms. The molecule has 1 amide bonds. The lowest BCUT2D eigenvalue weighted by Gasteiger charge is -2.02.